The average molecular weight is 299 g/mol. The second-order valence-electron chi connectivity index (χ2n) is 7.61. The van der Waals surface area contributed by atoms with E-state index in [-0.39, 0.29) is 0 Å². The first-order valence-corrected chi connectivity index (χ1v) is 9.36. The fourth-order valence-corrected chi connectivity index (χ4v) is 2.51. The molecular formula is C19H42N2. The van der Waals surface area contributed by atoms with Gasteiger partial charge in [0.25, 0.3) is 0 Å². The number of nitrogens with one attached hydrogen (secondary N) is 1. The van der Waals surface area contributed by atoms with Crippen molar-refractivity contribution in [3.63, 3.8) is 0 Å². The monoisotopic (exact) mass is 298 g/mol. The molecule has 0 heterocycles. The topological polar surface area (TPSA) is 15.3 Å². The maximum atomic E-state index is 3.78. The Balaban J connectivity index is 4.52. The summed E-state index contributed by atoms with van der Waals surface area (Å²) in [5.74, 6) is 2.37. The lowest BCUT2D eigenvalue weighted by Gasteiger charge is -2.32. The Kier molecular flexibility index (Phi) is 12.4. The van der Waals surface area contributed by atoms with E-state index in [1.54, 1.807) is 0 Å². The zero-order valence-corrected chi connectivity index (χ0v) is 15.9. The van der Waals surface area contributed by atoms with Gasteiger partial charge in [0.1, 0.15) is 0 Å². The molecule has 0 aliphatic rings. The van der Waals surface area contributed by atoms with Crippen molar-refractivity contribution >= 4 is 0 Å². The van der Waals surface area contributed by atoms with E-state index in [2.05, 4.69) is 58.7 Å². The number of hydrogen-bond donors (Lipinski definition) is 1. The molecular weight excluding hydrogens is 256 g/mol. The highest BCUT2D eigenvalue weighted by Gasteiger charge is 2.19. The van der Waals surface area contributed by atoms with E-state index < -0.39 is 0 Å². The third-order valence-corrected chi connectivity index (χ3v) is 4.49. The summed E-state index contributed by atoms with van der Waals surface area (Å²) in [6.07, 6.45) is 5.13. The fourth-order valence-electron chi connectivity index (χ4n) is 2.51. The summed E-state index contributed by atoms with van der Waals surface area (Å²) in [4.78, 5) is 2.71. The largest absolute Gasteiger partial charge is 0.312 e. The Morgan fingerprint density at radius 2 is 1.38 bits per heavy atom. The zero-order valence-electron chi connectivity index (χ0n) is 15.9. The zero-order chi connectivity index (χ0) is 16.3. The lowest BCUT2D eigenvalue weighted by atomic mass is 9.97. The lowest BCUT2D eigenvalue weighted by Crippen LogP contribution is -2.46. The Morgan fingerprint density at radius 3 is 1.76 bits per heavy atom. The van der Waals surface area contributed by atoms with E-state index in [0.29, 0.717) is 6.04 Å². The van der Waals surface area contributed by atoms with E-state index in [9.17, 15) is 0 Å². The molecule has 0 aliphatic carbocycles. The van der Waals surface area contributed by atoms with Crippen molar-refractivity contribution < 1.29 is 0 Å². The second-order valence-corrected chi connectivity index (χ2v) is 7.61. The summed E-state index contributed by atoms with van der Waals surface area (Å²) in [7, 11) is 0. The van der Waals surface area contributed by atoms with E-state index in [1.807, 2.05) is 0 Å². The van der Waals surface area contributed by atoms with Gasteiger partial charge in [-0.3, -0.25) is 0 Å². The van der Waals surface area contributed by atoms with Crippen molar-refractivity contribution in [3.05, 3.63) is 0 Å². The number of rotatable bonds is 13. The molecule has 128 valence electrons. The minimum absolute atomic E-state index is 0.647. The van der Waals surface area contributed by atoms with Crippen LogP contribution in [-0.2, 0) is 0 Å². The van der Waals surface area contributed by atoms with Crippen LogP contribution in [-0.4, -0.2) is 37.1 Å². The first-order valence-electron chi connectivity index (χ1n) is 9.36. The van der Waals surface area contributed by atoms with Gasteiger partial charge in [0.15, 0.2) is 0 Å². The maximum absolute atomic E-state index is 3.78. The van der Waals surface area contributed by atoms with Crippen LogP contribution in [0.2, 0.25) is 0 Å². The highest BCUT2D eigenvalue weighted by atomic mass is 15.1. The molecule has 0 aromatic rings. The summed E-state index contributed by atoms with van der Waals surface area (Å²) >= 11 is 0. The summed E-state index contributed by atoms with van der Waals surface area (Å²) in [5.41, 5.74) is 0. The molecule has 0 aromatic heterocycles. The van der Waals surface area contributed by atoms with Crippen LogP contribution in [0.25, 0.3) is 0 Å². The molecule has 0 aliphatic heterocycles. The lowest BCUT2D eigenvalue weighted by molar-refractivity contribution is 0.193. The SMILES string of the molecule is CCCNC(CN(CCC(C)C)CCC(C)C)C(C)CC. The van der Waals surface area contributed by atoms with Gasteiger partial charge in [-0.05, 0) is 56.7 Å². The van der Waals surface area contributed by atoms with Crippen LogP contribution in [0.3, 0.4) is 0 Å². The van der Waals surface area contributed by atoms with Gasteiger partial charge in [0.05, 0.1) is 0 Å². The standard InChI is InChI=1S/C19H42N2/c1-8-12-20-19(18(7)9-2)15-21(13-10-16(3)4)14-11-17(5)6/h16-20H,8-15H2,1-7H3. The van der Waals surface area contributed by atoms with Crippen LogP contribution < -0.4 is 5.32 Å². The second kappa shape index (κ2) is 12.5. The van der Waals surface area contributed by atoms with Gasteiger partial charge in [-0.25, -0.2) is 0 Å². The van der Waals surface area contributed by atoms with Crippen molar-refractivity contribution in [1.29, 1.82) is 0 Å². The molecule has 0 radical (unpaired) electrons. The van der Waals surface area contributed by atoms with Crippen LogP contribution >= 0.6 is 0 Å². The fraction of sp³-hybridized carbons (Fsp3) is 1.00. The molecule has 2 nitrogen and oxygen atoms in total. The molecule has 0 rings (SSSR count). The van der Waals surface area contributed by atoms with E-state index in [4.69, 9.17) is 0 Å². The van der Waals surface area contributed by atoms with Crippen LogP contribution in [0, 0.1) is 17.8 Å². The van der Waals surface area contributed by atoms with Crippen LogP contribution in [0.5, 0.6) is 0 Å². The highest BCUT2D eigenvalue weighted by molar-refractivity contribution is 4.77. The van der Waals surface area contributed by atoms with E-state index in [1.165, 1.54) is 45.3 Å². The summed E-state index contributed by atoms with van der Waals surface area (Å²) in [6, 6.07) is 0.647. The van der Waals surface area contributed by atoms with Crippen molar-refractivity contribution in [2.75, 3.05) is 26.2 Å². The highest BCUT2D eigenvalue weighted by Crippen LogP contribution is 2.13. The Bertz CT molecular complexity index is 214. The Labute approximate surface area is 135 Å². The molecule has 0 saturated carbocycles. The molecule has 0 aromatic carbocycles. The van der Waals surface area contributed by atoms with E-state index in [0.717, 1.165) is 24.3 Å². The number of hydrogen-bond acceptors (Lipinski definition) is 2. The third-order valence-electron chi connectivity index (χ3n) is 4.49. The van der Waals surface area contributed by atoms with Gasteiger partial charge in [-0.15, -0.1) is 0 Å². The summed E-state index contributed by atoms with van der Waals surface area (Å²) in [6.45, 7) is 21.2. The first-order chi connectivity index (χ1) is 9.90. The van der Waals surface area contributed by atoms with Gasteiger partial charge in [0, 0.05) is 12.6 Å². The van der Waals surface area contributed by atoms with Gasteiger partial charge in [0.2, 0.25) is 0 Å². The molecule has 2 atom stereocenters. The van der Waals surface area contributed by atoms with Crippen LogP contribution in [0.1, 0.15) is 74.1 Å². The molecule has 0 bridgehead atoms. The van der Waals surface area contributed by atoms with E-state index >= 15 is 0 Å². The van der Waals surface area contributed by atoms with Gasteiger partial charge in [-0.1, -0.05) is 54.9 Å². The minimum Gasteiger partial charge on any atom is -0.312 e. The molecule has 2 heteroatoms. The first kappa shape index (κ1) is 20.9. The minimum atomic E-state index is 0.647. The smallest absolute Gasteiger partial charge is 0.0220 e. The average Bonchev–Trinajstić information content (AvgIpc) is 2.44. The van der Waals surface area contributed by atoms with Gasteiger partial charge < -0.3 is 10.2 Å². The predicted molar refractivity (Wildman–Crippen MR) is 96.9 cm³/mol. The van der Waals surface area contributed by atoms with Crippen molar-refractivity contribution in [2.45, 2.75) is 80.2 Å². The van der Waals surface area contributed by atoms with Crippen molar-refractivity contribution in [1.82, 2.24) is 10.2 Å². The Hall–Kier alpha value is -0.0800. The van der Waals surface area contributed by atoms with Gasteiger partial charge >= 0.3 is 0 Å². The summed E-state index contributed by atoms with van der Waals surface area (Å²) < 4.78 is 0. The summed E-state index contributed by atoms with van der Waals surface area (Å²) in [5, 5.41) is 3.78. The van der Waals surface area contributed by atoms with Gasteiger partial charge in [-0.2, -0.15) is 0 Å². The normalized spacial score (nSPS) is 15.1. The number of nitrogens with zero attached hydrogens (tertiary/aromatic N) is 1. The molecule has 0 fully saturated rings. The quantitative estimate of drug-likeness (QED) is 0.525. The molecule has 21 heavy (non-hydrogen) atoms. The molecule has 1 N–H and O–H groups in total. The molecule has 0 saturated heterocycles. The molecule has 0 amide bonds. The predicted octanol–water partition coefficient (Wildman–Crippen LogP) is 4.79. The van der Waals surface area contributed by atoms with Crippen molar-refractivity contribution in [3.8, 4) is 0 Å². The molecule has 0 spiro atoms. The third kappa shape index (κ3) is 11.2. The van der Waals surface area contributed by atoms with Crippen LogP contribution in [0.4, 0.5) is 0 Å². The Morgan fingerprint density at radius 1 is 0.857 bits per heavy atom. The molecule has 2 unspecified atom stereocenters. The van der Waals surface area contributed by atoms with Crippen LogP contribution in [0.15, 0.2) is 0 Å². The van der Waals surface area contributed by atoms with Crippen molar-refractivity contribution in [2.24, 2.45) is 17.8 Å². The maximum Gasteiger partial charge on any atom is 0.0220 e.